The number of nitrogens with one attached hydrogen (secondary N) is 1. The van der Waals surface area contributed by atoms with Crippen molar-refractivity contribution in [2.75, 3.05) is 27.2 Å². The molecule has 5 nitrogen and oxygen atoms in total. The lowest BCUT2D eigenvalue weighted by atomic mass is 9.96. The molecule has 1 aliphatic heterocycles. The zero-order chi connectivity index (χ0) is 22.8. The molecule has 1 aromatic carbocycles. The first-order valence-electron chi connectivity index (χ1n) is 10.9. The summed E-state index contributed by atoms with van der Waals surface area (Å²) in [6.45, 7) is 6.31. The Kier molecular flexibility index (Phi) is 6.98. The number of pyridine rings is 1. The maximum atomic E-state index is 5.83. The van der Waals surface area contributed by atoms with Gasteiger partial charge in [0.25, 0.3) is 0 Å². The fourth-order valence-electron chi connectivity index (χ4n) is 4.62. The van der Waals surface area contributed by atoms with Gasteiger partial charge in [-0.25, -0.2) is 0 Å². The van der Waals surface area contributed by atoms with E-state index in [9.17, 15) is 0 Å². The van der Waals surface area contributed by atoms with Crippen molar-refractivity contribution >= 4 is 33.3 Å². The van der Waals surface area contributed by atoms with E-state index in [0.29, 0.717) is 0 Å². The quantitative estimate of drug-likeness (QED) is 0.442. The fourth-order valence-corrected chi connectivity index (χ4v) is 5.21. The van der Waals surface area contributed by atoms with Gasteiger partial charge < -0.3 is 19.7 Å². The first kappa shape index (κ1) is 23.0. The zero-order valence-corrected chi connectivity index (χ0v) is 21.4. The number of aryl methyl sites for hydroxylation is 1. The van der Waals surface area contributed by atoms with Crippen LogP contribution < -0.4 is 5.32 Å². The lowest BCUT2D eigenvalue weighted by Crippen LogP contribution is -2.32. The molecule has 2 atom stereocenters. The van der Waals surface area contributed by atoms with Gasteiger partial charge in [-0.3, -0.25) is 4.98 Å². The van der Waals surface area contributed by atoms with Gasteiger partial charge in [0.2, 0.25) is 0 Å². The standard InChI is InChI=1S/C25H30BrN5S/c1-17-16-21(18(2)31(17)20-11-9-19(26)10-12-20)24-23(22-8-5-6-13-27-22)28-25(32)30(24)15-7-14-29(3)4/h5-6,8-13,16,23-24H,7,14-15H2,1-4H3,(H,28,32). The summed E-state index contributed by atoms with van der Waals surface area (Å²) < 4.78 is 3.41. The molecule has 0 spiro atoms. The minimum absolute atomic E-state index is 0.0157. The Hall–Kier alpha value is -2.22. The number of benzene rings is 1. The predicted octanol–water partition coefficient (Wildman–Crippen LogP) is 5.18. The van der Waals surface area contributed by atoms with Crippen molar-refractivity contribution in [2.45, 2.75) is 32.4 Å². The monoisotopic (exact) mass is 511 g/mol. The summed E-state index contributed by atoms with van der Waals surface area (Å²) in [5.74, 6) is 0. The van der Waals surface area contributed by atoms with Crippen LogP contribution in [0.15, 0.2) is 59.2 Å². The minimum Gasteiger partial charge on any atom is -0.352 e. The van der Waals surface area contributed by atoms with Crippen LogP contribution in [0.3, 0.4) is 0 Å². The summed E-state index contributed by atoms with van der Waals surface area (Å²) in [5.41, 5.74) is 5.92. The Morgan fingerprint density at radius 3 is 2.53 bits per heavy atom. The summed E-state index contributed by atoms with van der Waals surface area (Å²) in [4.78, 5) is 9.24. The molecule has 0 amide bonds. The molecule has 2 unspecified atom stereocenters. The van der Waals surface area contributed by atoms with Gasteiger partial charge in [0.15, 0.2) is 5.11 Å². The van der Waals surface area contributed by atoms with Crippen LogP contribution in [0.1, 0.15) is 41.1 Å². The second-order valence-corrected chi connectivity index (χ2v) is 9.92. The number of hydrogen-bond acceptors (Lipinski definition) is 3. The third-order valence-electron chi connectivity index (χ3n) is 6.08. The Morgan fingerprint density at radius 2 is 1.88 bits per heavy atom. The number of halogens is 1. The second kappa shape index (κ2) is 9.73. The highest BCUT2D eigenvalue weighted by Crippen LogP contribution is 2.41. The molecule has 1 saturated heterocycles. The van der Waals surface area contributed by atoms with Crippen LogP contribution >= 0.6 is 28.1 Å². The van der Waals surface area contributed by atoms with E-state index < -0.39 is 0 Å². The average Bonchev–Trinajstić information content (AvgIpc) is 3.25. The van der Waals surface area contributed by atoms with E-state index in [0.717, 1.165) is 40.5 Å². The van der Waals surface area contributed by atoms with E-state index in [1.807, 2.05) is 18.3 Å². The molecule has 0 bridgehead atoms. The minimum atomic E-state index is 0.0157. The number of aromatic nitrogens is 2. The summed E-state index contributed by atoms with van der Waals surface area (Å²) in [7, 11) is 4.22. The van der Waals surface area contributed by atoms with E-state index in [1.165, 1.54) is 17.0 Å². The van der Waals surface area contributed by atoms with Crippen molar-refractivity contribution < 1.29 is 0 Å². The maximum Gasteiger partial charge on any atom is 0.170 e. The second-order valence-electron chi connectivity index (χ2n) is 8.62. The van der Waals surface area contributed by atoms with Crippen molar-refractivity contribution in [1.82, 2.24) is 24.7 Å². The van der Waals surface area contributed by atoms with Gasteiger partial charge >= 0.3 is 0 Å². The summed E-state index contributed by atoms with van der Waals surface area (Å²) in [6, 6.07) is 17.0. The summed E-state index contributed by atoms with van der Waals surface area (Å²) >= 11 is 9.37. The van der Waals surface area contributed by atoms with Crippen LogP contribution in [-0.2, 0) is 0 Å². The third kappa shape index (κ3) is 4.60. The Labute approximate surface area is 204 Å². The fraction of sp³-hybridized carbons (Fsp3) is 0.360. The molecule has 0 saturated carbocycles. The molecule has 3 aromatic rings. The van der Waals surface area contributed by atoms with Gasteiger partial charge in [-0.1, -0.05) is 22.0 Å². The van der Waals surface area contributed by atoms with E-state index >= 15 is 0 Å². The lowest BCUT2D eigenvalue weighted by Gasteiger charge is -2.28. The van der Waals surface area contributed by atoms with Crippen molar-refractivity contribution in [2.24, 2.45) is 0 Å². The zero-order valence-electron chi connectivity index (χ0n) is 19.0. The number of thiocarbonyl (C=S) groups is 1. The van der Waals surface area contributed by atoms with Gasteiger partial charge in [-0.15, -0.1) is 0 Å². The molecule has 1 fully saturated rings. The van der Waals surface area contributed by atoms with Crippen LogP contribution in [0.5, 0.6) is 0 Å². The molecule has 1 aliphatic rings. The molecule has 2 aromatic heterocycles. The third-order valence-corrected chi connectivity index (χ3v) is 6.96. The van der Waals surface area contributed by atoms with E-state index in [-0.39, 0.29) is 12.1 Å². The van der Waals surface area contributed by atoms with Crippen LogP contribution in [0, 0.1) is 13.8 Å². The van der Waals surface area contributed by atoms with Crippen molar-refractivity contribution in [3.63, 3.8) is 0 Å². The molecule has 168 valence electrons. The Morgan fingerprint density at radius 1 is 1.12 bits per heavy atom. The van der Waals surface area contributed by atoms with Crippen LogP contribution in [-0.4, -0.2) is 51.6 Å². The molecular weight excluding hydrogens is 482 g/mol. The molecule has 7 heteroatoms. The number of nitrogens with zero attached hydrogens (tertiary/aromatic N) is 4. The SMILES string of the molecule is Cc1cc(C2C(c3ccccn3)NC(=S)N2CCCN(C)C)c(C)n1-c1ccc(Br)cc1. The number of hydrogen-bond donors (Lipinski definition) is 1. The molecule has 4 rings (SSSR count). The van der Waals surface area contributed by atoms with Gasteiger partial charge in [0, 0.05) is 34.3 Å². The largest absolute Gasteiger partial charge is 0.352 e. The van der Waals surface area contributed by atoms with Crippen molar-refractivity contribution in [1.29, 1.82) is 0 Å². The van der Waals surface area contributed by atoms with Crippen LogP contribution in [0.2, 0.25) is 0 Å². The maximum absolute atomic E-state index is 5.83. The van der Waals surface area contributed by atoms with Gasteiger partial charge in [-0.2, -0.15) is 0 Å². The number of rotatable bonds is 7. The first-order valence-corrected chi connectivity index (χ1v) is 12.1. The average molecular weight is 513 g/mol. The van der Waals surface area contributed by atoms with E-state index in [2.05, 4.69) is 105 Å². The first-order chi connectivity index (χ1) is 15.4. The van der Waals surface area contributed by atoms with Gasteiger partial charge in [0.1, 0.15) is 0 Å². The lowest BCUT2D eigenvalue weighted by molar-refractivity contribution is 0.292. The Bertz CT molecular complexity index is 1080. The molecule has 0 aliphatic carbocycles. The van der Waals surface area contributed by atoms with Crippen molar-refractivity contribution in [3.05, 3.63) is 81.8 Å². The molecule has 3 heterocycles. The predicted molar refractivity (Wildman–Crippen MR) is 138 cm³/mol. The highest BCUT2D eigenvalue weighted by Gasteiger charge is 2.41. The van der Waals surface area contributed by atoms with Gasteiger partial charge in [-0.05, 0) is 101 Å². The van der Waals surface area contributed by atoms with Crippen LogP contribution in [0.25, 0.3) is 5.69 Å². The smallest absolute Gasteiger partial charge is 0.170 e. The normalized spacial score (nSPS) is 18.4. The van der Waals surface area contributed by atoms with Gasteiger partial charge in [0.05, 0.1) is 17.8 Å². The van der Waals surface area contributed by atoms with Crippen molar-refractivity contribution in [3.8, 4) is 5.69 Å². The molecule has 32 heavy (non-hydrogen) atoms. The highest BCUT2D eigenvalue weighted by molar-refractivity contribution is 9.10. The summed E-state index contributed by atoms with van der Waals surface area (Å²) in [6.07, 6.45) is 2.91. The molecule has 0 radical (unpaired) electrons. The van der Waals surface area contributed by atoms with E-state index in [4.69, 9.17) is 12.2 Å². The molecule has 1 N–H and O–H groups in total. The van der Waals surface area contributed by atoms with E-state index in [1.54, 1.807) is 0 Å². The highest BCUT2D eigenvalue weighted by atomic mass is 79.9. The topological polar surface area (TPSA) is 36.3 Å². The molecular formula is C25H30BrN5S. The van der Waals surface area contributed by atoms with Crippen LogP contribution in [0.4, 0.5) is 0 Å². The Balaban J connectivity index is 1.76. The summed E-state index contributed by atoms with van der Waals surface area (Å²) in [5, 5.41) is 4.38.